The Labute approximate surface area is 245 Å². The molecule has 0 unspecified atom stereocenters. The molecular weight excluding hydrogens is 512 g/mol. The molecule has 4 heteroatoms. The van der Waals surface area contributed by atoms with Crippen molar-refractivity contribution in [2.24, 2.45) is 0 Å². The van der Waals surface area contributed by atoms with Crippen LogP contribution in [0.2, 0.25) is 0 Å². The van der Waals surface area contributed by atoms with Gasteiger partial charge in [0.2, 0.25) is 0 Å². The summed E-state index contributed by atoms with van der Waals surface area (Å²) >= 11 is 0. The molecule has 0 spiro atoms. The zero-order valence-electron chi connectivity index (χ0n) is 22.8. The van der Waals surface area contributed by atoms with Crippen molar-refractivity contribution >= 4 is 0 Å². The Kier molecular flexibility index (Phi) is 6.85. The van der Waals surface area contributed by atoms with Gasteiger partial charge in [-0.05, 0) is 56.6 Å². The van der Waals surface area contributed by atoms with Crippen LogP contribution in [0.5, 0.6) is 0 Å². The average Bonchev–Trinajstić information content (AvgIpc) is 3.09. The molecule has 0 fully saturated rings. The topological polar surface area (TPSA) is 51.6 Å². The minimum absolute atomic E-state index is 0.857. The van der Waals surface area contributed by atoms with Crippen LogP contribution in [-0.4, -0.2) is 19.9 Å². The van der Waals surface area contributed by atoms with Crippen LogP contribution in [0.1, 0.15) is 0 Å². The quantitative estimate of drug-likeness (QED) is 0.212. The molecule has 7 rings (SSSR count). The highest BCUT2D eigenvalue weighted by atomic mass is 14.8. The average molecular weight is 539 g/mol. The van der Waals surface area contributed by atoms with Crippen molar-refractivity contribution < 1.29 is 0 Å². The van der Waals surface area contributed by atoms with Crippen LogP contribution in [0, 0.1) is 0 Å². The molecule has 0 aliphatic rings. The lowest BCUT2D eigenvalue weighted by Crippen LogP contribution is -1.93. The summed E-state index contributed by atoms with van der Waals surface area (Å²) in [5.74, 6) is 0. The molecule has 5 aromatic carbocycles. The SMILES string of the molecule is c1ccc(-c2cc(-c3ccccc3)c(-c3ccc(-c4cnccn4)cc3)cc2-c2ccc(-c3cnccn3)cc2)cc1. The van der Waals surface area contributed by atoms with E-state index in [9.17, 15) is 0 Å². The highest BCUT2D eigenvalue weighted by molar-refractivity contribution is 5.95. The van der Waals surface area contributed by atoms with Crippen molar-refractivity contribution in [2.45, 2.75) is 0 Å². The van der Waals surface area contributed by atoms with E-state index < -0.39 is 0 Å². The molecule has 2 heterocycles. The summed E-state index contributed by atoms with van der Waals surface area (Å²) in [7, 11) is 0. The van der Waals surface area contributed by atoms with Crippen LogP contribution in [0.15, 0.2) is 159 Å². The Hall–Kier alpha value is -5.74. The molecule has 0 aliphatic heterocycles. The van der Waals surface area contributed by atoms with Gasteiger partial charge in [-0.2, -0.15) is 0 Å². The second-order valence-corrected chi connectivity index (χ2v) is 10.0. The summed E-state index contributed by atoms with van der Waals surface area (Å²) in [5, 5.41) is 0. The van der Waals surface area contributed by atoms with E-state index in [0.29, 0.717) is 0 Å². The van der Waals surface area contributed by atoms with Gasteiger partial charge in [0.25, 0.3) is 0 Å². The molecule has 4 nitrogen and oxygen atoms in total. The lowest BCUT2D eigenvalue weighted by atomic mass is 9.85. The van der Waals surface area contributed by atoms with Gasteiger partial charge in [-0.25, -0.2) is 0 Å². The number of hydrogen-bond acceptors (Lipinski definition) is 4. The summed E-state index contributed by atoms with van der Waals surface area (Å²) in [4.78, 5) is 17.4. The normalized spacial score (nSPS) is 10.9. The zero-order valence-corrected chi connectivity index (χ0v) is 22.8. The predicted octanol–water partition coefficient (Wildman–Crippen LogP) is 9.27. The van der Waals surface area contributed by atoms with Crippen molar-refractivity contribution in [3.05, 3.63) is 159 Å². The highest BCUT2D eigenvalue weighted by Gasteiger charge is 2.16. The van der Waals surface area contributed by atoms with E-state index in [4.69, 9.17) is 0 Å². The maximum absolute atomic E-state index is 4.47. The molecule has 42 heavy (non-hydrogen) atoms. The molecule has 7 aromatic rings. The third kappa shape index (κ3) is 5.09. The van der Waals surface area contributed by atoms with E-state index in [2.05, 4.69) is 141 Å². The first-order valence-electron chi connectivity index (χ1n) is 13.9. The third-order valence-corrected chi connectivity index (χ3v) is 7.44. The van der Waals surface area contributed by atoms with Crippen molar-refractivity contribution in [3.8, 4) is 67.0 Å². The first kappa shape index (κ1) is 25.2. The van der Waals surface area contributed by atoms with Crippen molar-refractivity contribution in [1.82, 2.24) is 19.9 Å². The van der Waals surface area contributed by atoms with Crippen LogP contribution >= 0.6 is 0 Å². The second-order valence-electron chi connectivity index (χ2n) is 10.0. The fourth-order valence-corrected chi connectivity index (χ4v) is 5.33. The van der Waals surface area contributed by atoms with E-state index in [1.165, 1.54) is 33.4 Å². The summed E-state index contributed by atoms with van der Waals surface area (Å²) in [5.41, 5.74) is 13.1. The van der Waals surface area contributed by atoms with Gasteiger partial charge in [0.05, 0.1) is 23.8 Å². The largest absolute Gasteiger partial charge is 0.261 e. The maximum atomic E-state index is 4.47. The van der Waals surface area contributed by atoms with Gasteiger partial charge in [0.1, 0.15) is 0 Å². The molecule has 0 N–H and O–H groups in total. The van der Waals surface area contributed by atoms with Gasteiger partial charge >= 0.3 is 0 Å². The molecule has 0 atom stereocenters. The molecule has 0 aliphatic carbocycles. The standard InChI is InChI=1S/C38H26N4/c1-3-7-27(8-4-1)33-23-34(28-9-5-2-6-10-28)36(30-13-17-32(18-14-30)38-26-40-20-22-42-38)24-35(33)29-11-15-31(16-12-29)37-25-39-19-21-41-37/h1-26H. The van der Waals surface area contributed by atoms with Gasteiger partial charge in [-0.15, -0.1) is 0 Å². The Balaban J connectivity index is 1.42. The molecule has 0 saturated carbocycles. The smallest absolute Gasteiger partial charge is 0.0885 e. The molecule has 2 aromatic heterocycles. The lowest BCUT2D eigenvalue weighted by Gasteiger charge is -2.19. The van der Waals surface area contributed by atoms with Crippen molar-refractivity contribution in [1.29, 1.82) is 0 Å². The summed E-state index contributed by atoms with van der Waals surface area (Å²) < 4.78 is 0. The second kappa shape index (κ2) is 11.4. The number of nitrogens with zero attached hydrogens (tertiary/aromatic N) is 4. The van der Waals surface area contributed by atoms with E-state index in [0.717, 1.165) is 33.6 Å². The van der Waals surface area contributed by atoms with Crippen LogP contribution in [0.4, 0.5) is 0 Å². The summed E-state index contributed by atoms with van der Waals surface area (Å²) in [6, 6.07) is 43.1. The molecule has 0 amide bonds. The number of hydrogen-bond donors (Lipinski definition) is 0. The molecule has 0 saturated heterocycles. The summed E-state index contributed by atoms with van der Waals surface area (Å²) in [6.07, 6.45) is 10.4. The van der Waals surface area contributed by atoms with Gasteiger partial charge in [-0.1, -0.05) is 109 Å². The minimum atomic E-state index is 0.857. The third-order valence-electron chi connectivity index (χ3n) is 7.44. The van der Waals surface area contributed by atoms with Gasteiger partial charge in [0, 0.05) is 35.9 Å². The minimum Gasteiger partial charge on any atom is -0.261 e. The Morgan fingerprint density at radius 1 is 0.310 bits per heavy atom. The van der Waals surface area contributed by atoms with Crippen LogP contribution in [0.3, 0.4) is 0 Å². The molecule has 0 bridgehead atoms. The van der Waals surface area contributed by atoms with E-state index >= 15 is 0 Å². The molecular formula is C38H26N4. The van der Waals surface area contributed by atoms with E-state index in [1.54, 1.807) is 37.2 Å². The fourth-order valence-electron chi connectivity index (χ4n) is 5.33. The van der Waals surface area contributed by atoms with Gasteiger partial charge in [0.15, 0.2) is 0 Å². The molecule has 0 radical (unpaired) electrons. The number of benzene rings is 5. The van der Waals surface area contributed by atoms with E-state index in [1.807, 2.05) is 0 Å². The zero-order chi connectivity index (χ0) is 28.1. The maximum Gasteiger partial charge on any atom is 0.0885 e. The monoisotopic (exact) mass is 538 g/mol. The summed E-state index contributed by atoms with van der Waals surface area (Å²) in [6.45, 7) is 0. The van der Waals surface area contributed by atoms with Gasteiger partial charge in [-0.3, -0.25) is 19.9 Å². The lowest BCUT2D eigenvalue weighted by molar-refractivity contribution is 1.21. The Bertz CT molecular complexity index is 1780. The Morgan fingerprint density at radius 3 is 0.976 bits per heavy atom. The Morgan fingerprint density at radius 2 is 0.643 bits per heavy atom. The number of aromatic nitrogens is 4. The predicted molar refractivity (Wildman–Crippen MR) is 170 cm³/mol. The fraction of sp³-hybridized carbons (Fsp3) is 0. The van der Waals surface area contributed by atoms with Crippen molar-refractivity contribution in [2.75, 3.05) is 0 Å². The highest BCUT2D eigenvalue weighted by Crippen LogP contribution is 2.42. The van der Waals surface area contributed by atoms with Gasteiger partial charge < -0.3 is 0 Å². The van der Waals surface area contributed by atoms with E-state index in [-0.39, 0.29) is 0 Å². The molecule has 198 valence electrons. The first-order chi connectivity index (χ1) is 20.8. The van der Waals surface area contributed by atoms with Crippen LogP contribution in [0.25, 0.3) is 67.0 Å². The van der Waals surface area contributed by atoms with Crippen LogP contribution < -0.4 is 0 Å². The number of rotatable bonds is 6. The van der Waals surface area contributed by atoms with Crippen molar-refractivity contribution in [3.63, 3.8) is 0 Å². The van der Waals surface area contributed by atoms with Crippen LogP contribution in [-0.2, 0) is 0 Å². The first-order valence-corrected chi connectivity index (χ1v) is 13.9.